The Morgan fingerprint density at radius 3 is 2.60 bits per heavy atom. The molecule has 0 radical (unpaired) electrons. The van der Waals surface area contributed by atoms with Crippen LogP contribution in [-0.4, -0.2) is 12.8 Å². The number of aliphatic imine (C=N–C) groups is 1. The topological polar surface area (TPSA) is 12.4 Å². The second-order valence-electron chi connectivity index (χ2n) is 4.42. The predicted molar refractivity (Wildman–Crippen MR) is 65.7 cm³/mol. The van der Waals surface area contributed by atoms with Crippen LogP contribution in [0.1, 0.15) is 30.9 Å². The Balaban J connectivity index is 2.51. The smallest absolute Gasteiger partial charge is 0.0640 e. The first-order chi connectivity index (χ1) is 7.21. The summed E-state index contributed by atoms with van der Waals surface area (Å²) in [6, 6.07) is 8.54. The van der Waals surface area contributed by atoms with Crippen LogP contribution in [0.4, 0.5) is 0 Å². The molecule has 1 aromatic rings. The Labute approximate surface area is 91.6 Å². The summed E-state index contributed by atoms with van der Waals surface area (Å²) in [7, 11) is 1.82. The minimum absolute atomic E-state index is 0.384. The van der Waals surface area contributed by atoms with Crippen LogP contribution in [-0.2, 0) is 5.41 Å². The third-order valence-electron chi connectivity index (χ3n) is 3.29. The molecule has 0 aliphatic heterocycles. The van der Waals surface area contributed by atoms with Crippen LogP contribution in [0, 0.1) is 0 Å². The molecule has 1 aliphatic carbocycles. The molecule has 1 aliphatic rings. The van der Waals surface area contributed by atoms with E-state index in [2.05, 4.69) is 42.8 Å². The normalized spacial score (nSPS) is 18.7. The van der Waals surface area contributed by atoms with Gasteiger partial charge in [0.25, 0.3) is 0 Å². The molecule has 1 heteroatoms. The van der Waals surface area contributed by atoms with Gasteiger partial charge < -0.3 is 0 Å². The monoisotopic (exact) mass is 199 g/mol. The highest BCUT2D eigenvalue weighted by atomic mass is 14.7. The van der Waals surface area contributed by atoms with Gasteiger partial charge in [0.05, 0.1) is 5.71 Å². The van der Waals surface area contributed by atoms with Crippen molar-refractivity contribution in [2.75, 3.05) is 7.05 Å². The zero-order valence-electron chi connectivity index (χ0n) is 9.46. The zero-order chi connectivity index (χ0) is 10.9. The van der Waals surface area contributed by atoms with Crippen molar-refractivity contribution in [2.45, 2.75) is 25.2 Å². The highest BCUT2D eigenvalue weighted by Gasteiger charge is 2.40. The Kier molecular flexibility index (Phi) is 2.47. The lowest BCUT2D eigenvalue weighted by Crippen LogP contribution is -2.09. The first kappa shape index (κ1) is 10.2. The standard InChI is InChI=1S/C14H17N/c1-4-13(15-3)11-7-5-6-8-12(11)14(2)9-10-14/h4-8H,1,9-10H2,2-3H3/b15-13+. The highest BCUT2D eigenvalue weighted by molar-refractivity contribution is 6.09. The lowest BCUT2D eigenvalue weighted by Gasteiger charge is -2.14. The maximum atomic E-state index is 4.28. The van der Waals surface area contributed by atoms with Gasteiger partial charge in [0, 0.05) is 12.6 Å². The fourth-order valence-electron chi connectivity index (χ4n) is 2.01. The van der Waals surface area contributed by atoms with Crippen LogP contribution in [0.15, 0.2) is 41.9 Å². The third-order valence-corrected chi connectivity index (χ3v) is 3.29. The molecule has 1 fully saturated rings. The molecule has 1 nitrogen and oxygen atoms in total. The quantitative estimate of drug-likeness (QED) is 0.662. The van der Waals surface area contributed by atoms with Gasteiger partial charge in [-0.1, -0.05) is 37.8 Å². The van der Waals surface area contributed by atoms with E-state index in [1.807, 2.05) is 13.1 Å². The molecule has 0 heterocycles. The van der Waals surface area contributed by atoms with Crippen LogP contribution in [0.25, 0.3) is 0 Å². The molecule has 0 spiro atoms. The minimum atomic E-state index is 0.384. The molecule has 1 aromatic carbocycles. The average molecular weight is 199 g/mol. The Hall–Kier alpha value is -1.37. The Morgan fingerprint density at radius 1 is 1.40 bits per heavy atom. The second kappa shape index (κ2) is 3.65. The first-order valence-corrected chi connectivity index (χ1v) is 5.40. The summed E-state index contributed by atoms with van der Waals surface area (Å²) < 4.78 is 0. The van der Waals surface area contributed by atoms with E-state index >= 15 is 0 Å². The summed E-state index contributed by atoms with van der Waals surface area (Å²) in [5.74, 6) is 0. The highest BCUT2D eigenvalue weighted by Crippen LogP contribution is 2.48. The van der Waals surface area contributed by atoms with Gasteiger partial charge in [-0.3, -0.25) is 4.99 Å². The summed E-state index contributed by atoms with van der Waals surface area (Å²) in [4.78, 5) is 4.28. The molecular weight excluding hydrogens is 182 g/mol. The molecule has 15 heavy (non-hydrogen) atoms. The zero-order valence-corrected chi connectivity index (χ0v) is 9.46. The average Bonchev–Trinajstić information content (AvgIpc) is 3.00. The third kappa shape index (κ3) is 1.74. The van der Waals surface area contributed by atoms with E-state index in [0.29, 0.717) is 5.41 Å². The number of hydrogen-bond acceptors (Lipinski definition) is 1. The van der Waals surface area contributed by atoms with Crippen molar-refractivity contribution in [1.29, 1.82) is 0 Å². The summed E-state index contributed by atoms with van der Waals surface area (Å²) in [6.45, 7) is 6.14. The van der Waals surface area contributed by atoms with Gasteiger partial charge in [-0.25, -0.2) is 0 Å². The summed E-state index contributed by atoms with van der Waals surface area (Å²) >= 11 is 0. The van der Waals surface area contributed by atoms with Gasteiger partial charge in [-0.15, -0.1) is 0 Å². The van der Waals surface area contributed by atoms with Crippen molar-refractivity contribution in [1.82, 2.24) is 0 Å². The predicted octanol–water partition coefficient (Wildman–Crippen LogP) is 3.34. The molecule has 0 bridgehead atoms. The number of allylic oxidation sites excluding steroid dienone is 1. The molecule has 0 unspecified atom stereocenters. The molecule has 0 N–H and O–H groups in total. The van der Waals surface area contributed by atoms with E-state index in [1.54, 1.807) is 0 Å². The summed E-state index contributed by atoms with van der Waals surface area (Å²) in [5, 5.41) is 0. The minimum Gasteiger partial charge on any atom is -0.288 e. The summed E-state index contributed by atoms with van der Waals surface area (Å²) in [5.41, 5.74) is 4.05. The second-order valence-corrected chi connectivity index (χ2v) is 4.42. The molecule has 0 aromatic heterocycles. The van der Waals surface area contributed by atoms with Crippen molar-refractivity contribution in [2.24, 2.45) is 4.99 Å². The van der Waals surface area contributed by atoms with Gasteiger partial charge in [0.1, 0.15) is 0 Å². The van der Waals surface area contributed by atoms with Gasteiger partial charge in [0.2, 0.25) is 0 Å². The molecule has 0 saturated heterocycles. The van der Waals surface area contributed by atoms with Gasteiger partial charge in [0.15, 0.2) is 0 Å². The molecule has 1 saturated carbocycles. The lowest BCUT2D eigenvalue weighted by atomic mass is 9.91. The van der Waals surface area contributed by atoms with Crippen LogP contribution in [0.2, 0.25) is 0 Å². The van der Waals surface area contributed by atoms with Crippen LogP contribution >= 0.6 is 0 Å². The van der Waals surface area contributed by atoms with Crippen molar-refractivity contribution >= 4 is 5.71 Å². The molecular formula is C14H17N. The number of hydrogen-bond donors (Lipinski definition) is 0. The number of nitrogens with zero attached hydrogens (tertiary/aromatic N) is 1. The van der Waals surface area contributed by atoms with E-state index in [9.17, 15) is 0 Å². The van der Waals surface area contributed by atoms with Crippen molar-refractivity contribution in [3.63, 3.8) is 0 Å². The number of rotatable bonds is 3. The van der Waals surface area contributed by atoms with Gasteiger partial charge in [-0.2, -0.15) is 0 Å². The van der Waals surface area contributed by atoms with E-state index in [0.717, 1.165) is 5.71 Å². The van der Waals surface area contributed by atoms with Crippen molar-refractivity contribution < 1.29 is 0 Å². The van der Waals surface area contributed by atoms with Crippen molar-refractivity contribution in [3.05, 3.63) is 48.0 Å². The molecule has 0 amide bonds. The van der Waals surface area contributed by atoms with E-state index in [-0.39, 0.29) is 0 Å². The van der Waals surface area contributed by atoms with Crippen LogP contribution in [0.5, 0.6) is 0 Å². The maximum Gasteiger partial charge on any atom is 0.0640 e. The fourth-order valence-corrected chi connectivity index (χ4v) is 2.01. The van der Waals surface area contributed by atoms with Gasteiger partial charge in [-0.05, 0) is 29.9 Å². The molecule has 78 valence electrons. The van der Waals surface area contributed by atoms with Gasteiger partial charge >= 0.3 is 0 Å². The fraction of sp³-hybridized carbons (Fsp3) is 0.357. The molecule has 0 atom stereocenters. The van der Waals surface area contributed by atoms with Crippen LogP contribution < -0.4 is 0 Å². The maximum absolute atomic E-state index is 4.28. The SMILES string of the molecule is C=C/C(=N\C)c1ccccc1C1(C)CC1. The van der Waals surface area contributed by atoms with E-state index in [1.165, 1.54) is 24.0 Å². The Bertz CT molecular complexity index is 411. The first-order valence-electron chi connectivity index (χ1n) is 5.40. The van der Waals surface area contributed by atoms with E-state index in [4.69, 9.17) is 0 Å². The van der Waals surface area contributed by atoms with Crippen molar-refractivity contribution in [3.8, 4) is 0 Å². The van der Waals surface area contributed by atoms with Crippen LogP contribution in [0.3, 0.4) is 0 Å². The lowest BCUT2D eigenvalue weighted by molar-refractivity contribution is 0.786. The largest absolute Gasteiger partial charge is 0.288 e. The van der Waals surface area contributed by atoms with E-state index < -0.39 is 0 Å². The molecule has 2 rings (SSSR count). The summed E-state index contributed by atoms with van der Waals surface area (Å²) in [6.07, 6.45) is 4.42. The Morgan fingerprint density at radius 2 is 2.07 bits per heavy atom. The number of benzene rings is 1.